The van der Waals surface area contributed by atoms with Gasteiger partial charge in [0, 0.05) is 20.1 Å². The lowest BCUT2D eigenvalue weighted by atomic mass is 10.2. The van der Waals surface area contributed by atoms with Crippen LogP contribution in [0.1, 0.15) is 18.7 Å². The number of nitrogens with zero attached hydrogens (tertiary/aromatic N) is 1. The van der Waals surface area contributed by atoms with Crippen LogP contribution in [0.5, 0.6) is 0 Å². The average molecular weight is 169 g/mol. The van der Waals surface area contributed by atoms with Crippen molar-refractivity contribution in [1.29, 1.82) is 0 Å². The van der Waals surface area contributed by atoms with Crippen molar-refractivity contribution < 1.29 is 9.30 Å². The maximum absolute atomic E-state index is 4.97. The molecule has 0 aliphatic heterocycles. The molecule has 0 aliphatic rings. The average Bonchev–Trinajstić information content (AvgIpc) is 2.46. The molecule has 3 heteroatoms. The molecule has 3 nitrogen and oxygen atoms in total. The normalized spacial score (nSPS) is 10.5. The third kappa shape index (κ3) is 2.66. The van der Waals surface area contributed by atoms with Gasteiger partial charge in [-0.25, -0.2) is 9.55 Å². The highest BCUT2D eigenvalue weighted by Crippen LogP contribution is 1.96. The number of hydrogen-bond acceptors (Lipinski definition) is 1. The summed E-state index contributed by atoms with van der Waals surface area (Å²) in [6, 6.07) is 0. The van der Waals surface area contributed by atoms with Crippen molar-refractivity contribution in [3.05, 3.63) is 18.2 Å². The predicted molar refractivity (Wildman–Crippen MR) is 46.8 cm³/mol. The summed E-state index contributed by atoms with van der Waals surface area (Å²) in [4.78, 5) is 3.20. The fourth-order valence-electron chi connectivity index (χ4n) is 1.22. The van der Waals surface area contributed by atoms with E-state index in [9.17, 15) is 0 Å². The van der Waals surface area contributed by atoms with Crippen molar-refractivity contribution in [2.24, 2.45) is 7.05 Å². The Morgan fingerprint density at radius 2 is 2.33 bits per heavy atom. The fourth-order valence-corrected chi connectivity index (χ4v) is 1.22. The van der Waals surface area contributed by atoms with Crippen LogP contribution in [0, 0.1) is 0 Å². The number of hydrogen-bond donors (Lipinski definition) is 1. The molecule has 0 aromatic carbocycles. The van der Waals surface area contributed by atoms with Gasteiger partial charge < -0.3 is 4.74 Å². The van der Waals surface area contributed by atoms with Gasteiger partial charge in [-0.15, -0.1) is 0 Å². The lowest BCUT2D eigenvalue weighted by molar-refractivity contribution is -0.677. The van der Waals surface area contributed by atoms with Gasteiger partial charge in [0.15, 0.2) is 0 Å². The second-order valence-electron chi connectivity index (χ2n) is 2.97. The van der Waals surface area contributed by atoms with Gasteiger partial charge in [0.25, 0.3) is 5.82 Å². The number of H-pyrrole nitrogens is 1. The molecule has 1 N–H and O–H groups in total. The Morgan fingerprint density at radius 1 is 1.50 bits per heavy atom. The zero-order valence-corrected chi connectivity index (χ0v) is 7.84. The van der Waals surface area contributed by atoms with E-state index < -0.39 is 0 Å². The van der Waals surface area contributed by atoms with Gasteiger partial charge >= 0.3 is 0 Å². The molecular formula is C9H17N2O+. The Hall–Kier alpha value is -0.830. The molecule has 0 fully saturated rings. The van der Waals surface area contributed by atoms with Crippen LogP contribution >= 0.6 is 0 Å². The third-order valence-corrected chi connectivity index (χ3v) is 1.99. The molecule has 1 rings (SSSR count). The van der Waals surface area contributed by atoms with E-state index in [1.807, 2.05) is 12.4 Å². The molecule has 0 saturated heterocycles. The molecular weight excluding hydrogens is 152 g/mol. The van der Waals surface area contributed by atoms with Crippen LogP contribution in [0.15, 0.2) is 12.4 Å². The molecule has 1 heterocycles. The Balaban J connectivity index is 2.20. The van der Waals surface area contributed by atoms with Crippen molar-refractivity contribution in [1.82, 2.24) is 4.98 Å². The third-order valence-electron chi connectivity index (χ3n) is 1.99. The summed E-state index contributed by atoms with van der Waals surface area (Å²) in [5.74, 6) is 1.28. The minimum absolute atomic E-state index is 0.865. The Kier molecular flexibility index (Phi) is 3.80. The number of aromatic nitrogens is 2. The van der Waals surface area contributed by atoms with Gasteiger partial charge in [-0.3, -0.25) is 0 Å². The summed E-state index contributed by atoms with van der Waals surface area (Å²) >= 11 is 0. The predicted octanol–water partition coefficient (Wildman–Crippen LogP) is 0.808. The molecule has 0 atom stereocenters. The van der Waals surface area contributed by atoms with Crippen LogP contribution in [0.4, 0.5) is 0 Å². The largest absolute Gasteiger partial charge is 0.385 e. The number of imidazole rings is 1. The zero-order valence-electron chi connectivity index (χ0n) is 7.84. The Morgan fingerprint density at radius 3 is 2.92 bits per heavy atom. The highest BCUT2D eigenvalue weighted by atomic mass is 16.5. The molecule has 0 unspecified atom stereocenters. The van der Waals surface area contributed by atoms with Gasteiger partial charge in [0.2, 0.25) is 0 Å². The van der Waals surface area contributed by atoms with Gasteiger partial charge in [-0.2, -0.15) is 0 Å². The number of methoxy groups -OCH3 is 1. The van der Waals surface area contributed by atoms with E-state index in [-0.39, 0.29) is 0 Å². The number of aromatic amines is 1. The van der Waals surface area contributed by atoms with Crippen molar-refractivity contribution in [3.8, 4) is 0 Å². The van der Waals surface area contributed by atoms with Gasteiger partial charge in [0.1, 0.15) is 12.4 Å². The molecule has 0 bridgehead atoms. The van der Waals surface area contributed by atoms with E-state index >= 15 is 0 Å². The molecule has 0 spiro atoms. The molecule has 12 heavy (non-hydrogen) atoms. The Bertz CT molecular complexity index is 220. The van der Waals surface area contributed by atoms with E-state index in [4.69, 9.17) is 4.74 Å². The minimum Gasteiger partial charge on any atom is -0.385 e. The van der Waals surface area contributed by atoms with E-state index in [0.29, 0.717) is 0 Å². The maximum Gasteiger partial charge on any atom is 0.253 e. The van der Waals surface area contributed by atoms with Crippen molar-refractivity contribution in [2.75, 3.05) is 13.7 Å². The zero-order chi connectivity index (χ0) is 8.81. The molecule has 68 valence electrons. The summed E-state index contributed by atoms with van der Waals surface area (Å²) in [6.07, 6.45) is 7.42. The lowest BCUT2D eigenvalue weighted by Crippen LogP contribution is -2.30. The van der Waals surface area contributed by atoms with Crippen LogP contribution in [-0.2, 0) is 18.2 Å². The highest BCUT2D eigenvalue weighted by Gasteiger charge is 2.04. The van der Waals surface area contributed by atoms with Crippen molar-refractivity contribution in [2.45, 2.75) is 19.3 Å². The monoisotopic (exact) mass is 169 g/mol. The van der Waals surface area contributed by atoms with E-state index in [0.717, 1.165) is 19.4 Å². The second-order valence-corrected chi connectivity index (χ2v) is 2.97. The van der Waals surface area contributed by atoms with E-state index in [1.165, 1.54) is 12.2 Å². The Labute approximate surface area is 73.4 Å². The first-order valence-corrected chi connectivity index (χ1v) is 4.35. The fraction of sp³-hybridized carbons (Fsp3) is 0.667. The van der Waals surface area contributed by atoms with Gasteiger partial charge in [0.05, 0.1) is 7.05 Å². The maximum atomic E-state index is 4.97. The number of unbranched alkanes of at least 4 members (excludes halogenated alkanes) is 1. The topological polar surface area (TPSA) is 28.9 Å². The van der Waals surface area contributed by atoms with Crippen molar-refractivity contribution >= 4 is 0 Å². The van der Waals surface area contributed by atoms with Crippen LogP contribution < -0.4 is 4.57 Å². The summed E-state index contributed by atoms with van der Waals surface area (Å²) in [6.45, 7) is 0.865. The summed E-state index contributed by atoms with van der Waals surface area (Å²) in [7, 11) is 3.80. The molecule has 0 saturated carbocycles. The van der Waals surface area contributed by atoms with Gasteiger partial charge in [-0.1, -0.05) is 0 Å². The summed E-state index contributed by atoms with van der Waals surface area (Å²) in [5, 5.41) is 0. The quantitative estimate of drug-likeness (QED) is 0.513. The number of ether oxygens (including phenoxy) is 1. The van der Waals surface area contributed by atoms with Crippen LogP contribution in [0.2, 0.25) is 0 Å². The minimum atomic E-state index is 0.865. The van der Waals surface area contributed by atoms with E-state index in [2.05, 4.69) is 16.6 Å². The van der Waals surface area contributed by atoms with Crippen molar-refractivity contribution in [3.63, 3.8) is 0 Å². The number of aryl methyl sites for hydroxylation is 2. The first kappa shape index (κ1) is 9.26. The standard InChI is InChI=1S/C9H16N2O/c1-11-7-6-10-9(11)5-3-4-8-12-2/h6-7H,3-5,8H2,1-2H3/p+1. The number of nitrogens with one attached hydrogen (secondary N) is 1. The molecule has 1 aromatic rings. The van der Waals surface area contributed by atoms with Crippen LogP contribution in [-0.4, -0.2) is 18.7 Å². The van der Waals surface area contributed by atoms with Gasteiger partial charge in [-0.05, 0) is 12.8 Å². The lowest BCUT2D eigenvalue weighted by Gasteiger charge is -1.96. The summed E-state index contributed by atoms with van der Waals surface area (Å²) in [5.41, 5.74) is 0. The molecule has 0 radical (unpaired) electrons. The molecule has 1 aromatic heterocycles. The molecule has 0 amide bonds. The first-order valence-electron chi connectivity index (χ1n) is 4.35. The smallest absolute Gasteiger partial charge is 0.253 e. The number of rotatable bonds is 5. The van der Waals surface area contributed by atoms with E-state index in [1.54, 1.807) is 7.11 Å². The summed E-state index contributed by atoms with van der Waals surface area (Å²) < 4.78 is 7.09. The first-order chi connectivity index (χ1) is 5.84. The highest BCUT2D eigenvalue weighted by molar-refractivity contribution is 4.76. The van der Waals surface area contributed by atoms with Crippen LogP contribution in [0.3, 0.4) is 0 Å². The molecule has 0 aliphatic carbocycles. The SMILES string of the molecule is COCCCCc1[nH]cc[n+]1C. The second kappa shape index (κ2) is 4.93. The van der Waals surface area contributed by atoms with Crippen LogP contribution in [0.25, 0.3) is 0 Å².